The van der Waals surface area contributed by atoms with E-state index in [0.29, 0.717) is 11.1 Å². The average molecular weight is 538 g/mol. The van der Waals surface area contributed by atoms with Crippen LogP contribution in [0, 0.1) is 0 Å². The number of rotatable bonds is 6. The summed E-state index contributed by atoms with van der Waals surface area (Å²) in [4.78, 5) is 22.1. The van der Waals surface area contributed by atoms with Gasteiger partial charge in [0.2, 0.25) is 19.7 Å². The van der Waals surface area contributed by atoms with Crippen molar-refractivity contribution < 1.29 is 26.4 Å². The maximum Gasteiger partial charge on any atom is 0.289 e. The standard InChI is InChI=1S/C17H14Br2O6S2/c1-11(20)13-3-7-15(8-4-13)26(22,23)17(18,19)27(24,25)16-9-5-14(6-10-16)12(2)21/h3-10H,1-2H3. The Balaban J connectivity index is 2.53. The van der Waals surface area contributed by atoms with Gasteiger partial charge in [-0.15, -0.1) is 0 Å². The van der Waals surface area contributed by atoms with Crippen LogP contribution >= 0.6 is 31.9 Å². The second-order valence-corrected chi connectivity index (χ2v) is 15.6. The highest BCUT2D eigenvalue weighted by Crippen LogP contribution is 2.45. The summed E-state index contributed by atoms with van der Waals surface area (Å²) in [5.74, 6) is -0.498. The molecule has 0 saturated heterocycles. The predicted molar refractivity (Wildman–Crippen MR) is 108 cm³/mol. The largest absolute Gasteiger partial charge is 0.295 e. The maximum atomic E-state index is 12.9. The van der Waals surface area contributed by atoms with Crippen molar-refractivity contribution in [3.05, 3.63) is 59.7 Å². The zero-order valence-corrected chi connectivity index (χ0v) is 18.9. The highest BCUT2D eigenvalue weighted by Gasteiger charge is 2.52. The number of Topliss-reactive ketones (excluding diaryl/α,β-unsaturated/α-hetero) is 2. The minimum absolute atomic E-state index is 0.249. The molecule has 0 aliphatic rings. The van der Waals surface area contributed by atoms with Crippen LogP contribution in [0.3, 0.4) is 0 Å². The molecule has 0 amide bonds. The molecule has 0 aliphatic carbocycles. The SMILES string of the molecule is CC(=O)c1ccc(S(=O)(=O)C(Br)(Br)S(=O)(=O)c2ccc(C(C)=O)cc2)cc1. The smallest absolute Gasteiger partial charge is 0.289 e. The number of halogens is 2. The van der Waals surface area contributed by atoms with E-state index in [9.17, 15) is 26.4 Å². The summed E-state index contributed by atoms with van der Waals surface area (Å²) in [6.45, 7) is 2.66. The molecule has 10 heteroatoms. The summed E-state index contributed by atoms with van der Waals surface area (Å²) in [6.07, 6.45) is 0. The number of hydrogen-bond donors (Lipinski definition) is 0. The molecular weight excluding hydrogens is 524 g/mol. The normalized spacial score (nSPS) is 12.6. The first kappa shape index (κ1) is 21.9. The Bertz CT molecular complexity index is 1010. The predicted octanol–water partition coefficient (Wildman–Crippen LogP) is 3.74. The second kappa shape index (κ2) is 7.57. The van der Waals surface area contributed by atoms with Gasteiger partial charge in [-0.25, -0.2) is 16.8 Å². The van der Waals surface area contributed by atoms with Crippen molar-refractivity contribution in [1.82, 2.24) is 0 Å². The molecule has 27 heavy (non-hydrogen) atoms. The lowest BCUT2D eigenvalue weighted by Crippen LogP contribution is -2.34. The van der Waals surface area contributed by atoms with Crippen LogP contribution in [0.1, 0.15) is 34.6 Å². The number of sulfone groups is 2. The second-order valence-electron chi connectivity index (χ2n) is 5.63. The summed E-state index contributed by atoms with van der Waals surface area (Å²) in [7, 11) is -8.89. The molecule has 2 aromatic carbocycles. The molecule has 0 aliphatic heterocycles. The van der Waals surface area contributed by atoms with Crippen LogP contribution in [0.5, 0.6) is 0 Å². The van der Waals surface area contributed by atoms with Gasteiger partial charge < -0.3 is 0 Å². The van der Waals surface area contributed by atoms with Gasteiger partial charge in [-0.05, 0) is 70.0 Å². The van der Waals surface area contributed by atoms with Gasteiger partial charge in [0.25, 0.3) is 1.90 Å². The topological polar surface area (TPSA) is 102 Å². The molecule has 0 spiro atoms. The van der Waals surface area contributed by atoms with Gasteiger partial charge in [0.05, 0.1) is 9.79 Å². The van der Waals surface area contributed by atoms with Gasteiger partial charge >= 0.3 is 0 Å². The van der Waals surface area contributed by atoms with E-state index in [1.54, 1.807) is 0 Å². The molecule has 0 saturated carbocycles. The highest BCUT2D eigenvalue weighted by molar-refractivity contribution is 9.30. The minimum atomic E-state index is -4.45. The average Bonchev–Trinajstić information content (AvgIpc) is 2.61. The molecule has 0 aromatic heterocycles. The number of alkyl halides is 2. The fourth-order valence-corrected chi connectivity index (χ4v) is 7.67. The van der Waals surface area contributed by atoms with Crippen molar-refractivity contribution in [1.29, 1.82) is 0 Å². The third kappa shape index (κ3) is 3.94. The molecule has 2 rings (SSSR count). The molecule has 0 fully saturated rings. The number of benzene rings is 2. The summed E-state index contributed by atoms with van der Waals surface area (Å²) >= 11 is 5.60. The summed E-state index contributed by atoms with van der Waals surface area (Å²) in [5, 5.41) is 0. The van der Waals surface area contributed by atoms with E-state index < -0.39 is 21.6 Å². The third-order valence-electron chi connectivity index (χ3n) is 3.77. The number of carbonyl (C=O) groups excluding carboxylic acids is 2. The van der Waals surface area contributed by atoms with E-state index >= 15 is 0 Å². The fraction of sp³-hybridized carbons (Fsp3) is 0.176. The van der Waals surface area contributed by atoms with Crippen LogP contribution in [-0.2, 0) is 19.7 Å². The first-order valence-corrected chi connectivity index (χ1v) is 12.0. The van der Waals surface area contributed by atoms with Gasteiger partial charge in [-0.2, -0.15) is 0 Å². The summed E-state index contributed by atoms with van der Waals surface area (Å²) < 4.78 is 49.1. The Labute approximate surface area is 174 Å². The lowest BCUT2D eigenvalue weighted by molar-refractivity contribution is 0.100. The van der Waals surface area contributed by atoms with Crippen LogP contribution in [-0.4, -0.2) is 30.3 Å². The fourth-order valence-electron chi connectivity index (χ4n) is 2.16. The van der Waals surface area contributed by atoms with E-state index in [4.69, 9.17) is 0 Å². The Morgan fingerprint density at radius 3 is 1.15 bits per heavy atom. The summed E-state index contributed by atoms with van der Waals surface area (Å²) in [5.41, 5.74) is 0.595. The Hall–Kier alpha value is -1.36. The molecule has 2 aromatic rings. The van der Waals surface area contributed by atoms with Gasteiger partial charge in [0, 0.05) is 11.1 Å². The van der Waals surface area contributed by atoms with Crippen LogP contribution in [0.15, 0.2) is 58.3 Å². The third-order valence-corrected chi connectivity index (χ3v) is 13.2. The van der Waals surface area contributed by atoms with E-state index in [2.05, 4.69) is 31.9 Å². The number of carbonyl (C=O) groups is 2. The van der Waals surface area contributed by atoms with Crippen LogP contribution in [0.4, 0.5) is 0 Å². The molecule has 0 heterocycles. The van der Waals surface area contributed by atoms with Gasteiger partial charge in [-0.1, -0.05) is 24.3 Å². The molecule has 144 valence electrons. The van der Waals surface area contributed by atoms with E-state index in [-0.39, 0.29) is 21.4 Å². The van der Waals surface area contributed by atoms with E-state index in [0.717, 1.165) is 24.3 Å². The lowest BCUT2D eigenvalue weighted by atomic mass is 10.2. The molecule has 0 N–H and O–H groups in total. The molecule has 0 bridgehead atoms. The summed E-state index contributed by atoms with van der Waals surface area (Å²) in [6, 6.07) is 9.88. The zero-order chi connectivity index (χ0) is 20.6. The molecule has 0 atom stereocenters. The quantitative estimate of drug-likeness (QED) is 0.411. The maximum absolute atomic E-state index is 12.9. The van der Waals surface area contributed by atoms with Crippen molar-refractivity contribution in [3.63, 3.8) is 0 Å². The first-order valence-electron chi connectivity index (χ1n) is 7.41. The minimum Gasteiger partial charge on any atom is -0.295 e. The zero-order valence-electron chi connectivity index (χ0n) is 14.1. The monoisotopic (exact) mass is 536 g/mol. The van der Waals surface area contributed by atoms with E-state index in [1.807, 2.05) is 0 Å². The van der Waals surface area contributed by atoms with Gasteiger partial charge in [0.1, 0.15) is 0 Å². The van der Waals surface area contributed by atoms with Crippen molar-refractivity contribution in [2.24, 2.45) is 0 Å². The number of ketones is 2. The Kier molecular flexibility index (Phi) is 6.15. The van der Waals surface area contributed by atoms with Crippen LogP contribution in [0.2, 0.25) is 0 Å². The van der Waals surface area contributed by atoms with Crippen molar-refractivity contribution in [2.45, 2.75) is 25.5 Å². The van der Waals surface area contributed by atoms with Crippen LogP contribution < -0.4 is 0 Å². The van der Waals surface area contributed by atoms with Gasteiger partial charge in [-0.3, -0.25) is 9.59 Å². The van der Waals surface area contributed by atoms with Crippen molar-refractivity contribution >= 4 is 63.1 Å². The van der Waals surface area contributed by atoms with Crippen molar-refractivity contribution in [3.8, 4) is 0 Å². The molecule has 0 unspecified atom stereocenters. The van der Waals surface area contributed by atoms with Crippen LogP contribution in [0.25, 0.3) is 0 Å². The van der Waals surface area contributed by atoms with Gasteiger partial charge in [0.15, 0.2) is 11.6 Å². The highest BCUT2D eigenvalue weighted by atomic mass is 79.9. The molecule has 0 radical (unpaired) electrons. The first-order chi connectivity index (χ1) is 12.3. The number of hydrogen-bond acceptors (Lipinski definition) is 6. The Morgan fingerprint density at radius 1 is 0.667 bits per heavy atom. The van der Waals surface area contributed by atoms with E-state index in [1.165, 1.54) is 38.1 Å². The Morgan fingerprint density at radius 2 is 0.926 bits per heavy atom. The molecular formula is C17H14Br2O6S2. The lowest BCUT2D eigenvalue weighted by Gasteiger charge is -2.21. The molecule has 6 nitrogen and oxygen atoms in total. The van der Waals surface area contributed by atoms with Crippen molar-refractivity contribution in [2.75, 3.05) is 0 Å².